The quantitative estimate of drug-likeness (QED) is 0.595. The second kappa shape index (κ2) is 11.2. The number of ether oxygens (including phenoxy) is 3. The fourth-order valence-electron chi connectivity index (χ4n) is 6.32. The molecule has 0 aromatic heterocycles. The lowest BCUT2D eigenvalue weighted by Gasteiger charge is -2.57. The van der Waals surface area contributed by atoms with Gasteiger partial charge in [0.2, 0.25) is 0 Å². The molecule has 0 N–H and O–H groups in total. The summed E-state index contributed by atoms with van der Waals surface area (Å²) in [5.74, 6) is 2.21. The highest BCUT2D eigenvalue weighted by molar-refractivity contribution is 5.65. The number of hydrogen-bond donors (Lipinski definition) is 0. The van der Waals surface area contributed by atoms with Gasteiger partial charge < -0.3 is 19.1 Å². The summed E-state index contributed by atoms with van der Waals surface area (Å²) in [5, 5.41) is 0. The summed E-state index contributed by atoms with van der Waals surface area (Å²) >= 11 is 0. The van der Waals surface area contributed by atoms with Gasteiger partial charge in [-0.15, -0.1) is 0 Å². The van der Waals surface area contributed by atoms with E-state index in [0.717, 1.165) is 31.5 Å². The molecule has 184 valence electrons. The number of fused-ring (bicyclic) bond motifs is 1. The number of nitrogens with zero attached hydrogens (tertiary/aromatic N) is 2. The fraction of sp³-hybridized carbons (Fsp3) is 0.586. The Morgan fingerprint density at radius 2 is 1.74 bits per heavy atom. The van der Waals surface area contributed by atoms with Crippen LogP contribution in [0.25, 0.3) is 11.1 Å². The van der Waals surface area contributed by atoms with E-state index in [2.05, 4.69) is 52.3 Å². The maximum absolute atomic E-state index is 5.70. The summed E-state index contributed by atoms with van der Waals surface area (Å²) in [6.07, 6.45) is 5.01. The van der Waals surface area contributed by atoms with E-state index in [1.165, 1.54) is 68.6 Å². The predicted octanol–water partition coefficient (Wildman–Crippen LogP) is 4.67. The topological polar surface area (TPSA) is 34.2 Å². The molecule has 0 saturated carbocycles. The molecule has 0 amide bonds. The largest absolute Gasteiger partial charge is 0.497 e. The maximum atomic E-state index is 5.70. The van der Waals surface area contributed by atoms with Crippen molar-refractivity contribution in [1.82, 2.24) is 9.80 Å². The molecule has 3 atom stereocenters. The van der Waals surface area contributed by atoms with Gasteiger partial charge in [0, 0.05) is 51.4 Å². The van der Waals surface area contributed by atoms with E-state index in [-0.39, 0.29) is 0 Å². The van der Waals surface area contributed by atoms with Crippen molar-refractivity contribution >= 4 is 0 Å². The molecule has 34 heavy (non-hydrogen) atoms. The van der Waals surface area contributed by atoms with Crippen LogP contribution in [0.3, 0.4) is 0 Å². The van der Waals surface area contributed by atoms with Crippen LogP contribution in [0.15, 0.2) is 48.5 Å². The Morgan fingerprint density at radius 1 is 0.941 bits per heavy atom. The molecular weight excluding hydrogens is 424 g/mol. The molecule has 0 bridgehead atoms. The van der Waals surface area contributed by atoms with Crippen molar-refractivity contribution in [2.45, 2.75) is 43.7 Å². The molecule has 0 spiro atoms. The average molecular weight is 465 g/mol. The van der Waals surface area contributed by atoms with Crippen molar-refractivity contribution in [3.05, 3.63) is 54.1 Å². The lowest BCUT2D eigenvalue weighted by Crippen LogP contribution is -2.67. The SMILES string of the molecule is COC[C@@H]1[C@@H](c2ccc(-c3cccc(OC)c3)cc2)[C@@H]2CN(CC3CCOCC3)CCCCN12. The normalized spacial score (nSPS) is 26.8. The Kier molecular flexibility index (Phi) is 7.85. The molecule has 3 aliphatic heterocycles. The van der Waals surface area contributed by atoms with E-state index in [1.807, 2.05) is 13.2 Å². The van der Waals surface area contributed by atoms with E-state index in [4.69, 9.17) is 14.2 Å². The van der Waals surface area contributed by atoms with Gasteiger partial charge in [-0.2, -0.15) is 0 Å². The van der Waals surface area contributed by atoms with Crippen LogP contribution in [0.2, 0.25) is 0 Å². The van der Waals surface area contributed by atoms with Crippen LogP contribution >= 0.6 is 0 Å². The molecule has 0 aliphatic carbocycles. The van der Waals surface area contributed by atoms with E-state index < -0.39 is 0 Å². The Hall–Kier alpha value is -1.92. The van der Waals surface area contributed by atoms with Crippen LogP contribution < -0.4 is 4.74 Å². The third kappa shape index (κ3) is 5.18. The van der Waals surface area contributed by atoms with E-state index in [0.29, 0.717) is 18.0 Å². The lowest BCUT2D eigenvalue weighted by molar-refractivity contribution is -0.0745. The van der Waals surface area contributed by atoms with Gasteiger partial charge in [0.25, 0.3) is 0 Å². The van der Waals surface area contributed by atoms with Crippen LogP contribution in [0.1, 0.15) is 37.2 Å². The Balaban J connectivity index is 1.34. The number of hydrogen-bond acceptors (Lipinski definition) is 5. The Labute approximate surface area is 205 Å². The highest BCUT2D eigenvalue weighted by atomic mass is 16.5. The third-order valence-electron chi connectivity index (χ3n) is 8.16. The van der Waals surface area contributed by atoms with E-state index >= 15 is 0 Å². The van der Waals surface area contributed by atoms with Crippen LogP contribution in [0, 0.1) is 5.92 Å². The van der Waals surface area contributed by atoms with Crippen LogP contribution in [0.5, 0.6) is 5.75 Å². The summed E-state index contributed by atoms with van der Waals surface area (Å²) < 4.78 is 16.7. The monoisotopic (exact) mass is 464 g/mol. The van der Waals surface area contributed by atoms with Gasteiger partial charge in [0.1, 0.15) is 5.75 Å². The summed E-state index contributed by atoms with van der Waals surface area (Å²) in [7, 11) is 3.57. The first-order chi connectivity index (χ1) is 16.8. The summed E-state index contributed by atoms with van der Waals surface area (Å²) in [6, 6.07) is 18.6. The van der Waals surface area contributed by atoms with Crippen molar-refractivity contribution in [1.29, 1.82) is 0 Å². The molecule has 5 rings (SSSR count). The number of benzene rings is 2. The lowest BCUT2D eigenvalue weighted by atomic mass is 9.74. The molecular formula is C29H40N2O3. The fourth-order valence-corrected chi connectivity index (χ4v) is 6.32. The molecule has 2 aromatic rings. The first kappa shape index (κ1) is 23.8. The van der Waals surface area contributed by atoms with E-state index in [1.54, 1.807) is 7.11 Å². The molecule has 3 fully saturated rings. The molecule has 5 nitrogen and oxygen atoms in total. The molecule has 2 aromatic carbocycles. The maximum Gasteiger partial charge on any atom is 0.119 e. The van der Waals surface area contributed by atoms with Crippen LogP contribution in [-0.4, -0.2) is 82.1 Å². The van der Waals surface area contributed by atoms with Crippen molar-refractivity contribution < 1.29 is 14.2 Å². The highest BCUT2D eigenvalue weighted by Crippen LogP contribution is 2.43. The molecule has 3 aliphatic rings. The zero-order valence-corrected chi connectivity index (χ0v) is 20.8. The zero-order valence-electron chi connectivity index (χ0n) is 20.8. The Morgan fingerprint density at radius 3 is 2.50 bits per heavy atom. The molecule has 0 unspecified atom stereocenters. The minimum Gasteiger partial charge on any atom is -0.497 e. The van der Waals surface area contributed by atoms with Crippen molar-refractivity contribution in [3.8, 4) is 16.9 Å². The van der Waals surface area contributed by atoms with Crippen molar-refractivity contribution in [2.75, 3.05) is 60.2 Å². The standard InChI is InChI=1S/C29H40N2O3/c1-32-21-28-29(24-10-8-23(9-11-24)25-6-5-7-26(18-25)33-2)27-20-30(14-3-4-15-31(27)28)19-22-12-16-34-17-13-22/h5-11,18,22,27-29H,3-4,12-17,19-21H2,1-2H3/t27-,28+,29-/m0/s1. The minimum absolute atomic E-state index is 0.473. The van der Waals surface area contributed by atoms with Gasteiger partial charge >= 0.3 is 0 Å². The second-order valence-corrected chi connectivity index (χ2v) is 10.2. The minimum atomic E-state index is 0.473. The smallest absolute Gasteiger partial charge is 0.119 e. The van der Waals surface area contributed by atoms with E-state index in [9.17, 15) is 0 Å². The Bertz CT molecular complexity index is 912. The number of rotatable bonds is 7. The zero-order chi connectivity index (χ0) is 23.3. The molecule has 3 heterocycles. The summed E-state index contributed by atoms with van der Waals surface area (Å²) in [4.78, 5) is 5.49. The van der Waals surface area contributed by atoms with Crippen LogP contribution in [-0.2, 0) is 9.47 Å². The van der Waals surface area contributed by atoms with Crippen molar-refractivity contribution in [2.24, 2.45) is 5.92 Å². The van der Waals surface area contributed by atoms with Gasteiger partial charge in [0.15, 0.2) is 0 Å². The molecule has 5 heteroatoms. The summed E-state index contributed by atoms with van der Waals surface area (Å²) in [5.41, 5.74) is 3.88. The average Bonchev–Trinajstić information content (AvgIpc) is 2.87. The highest BCUT2D eigenvalue weighted by Gasteiger charge is 2.49. The van der Waals surface area contributed by atoms with Gasteiger partial charge in [0.05, 0.1) is 13.7 Å². The van der Waals surface area contributed by atoms with Gasteiger partial charge in [-0.3, -0.25) is 4.90 Å². The second-order valence-electron chi connectivity index (χ2n) is 10.2. The van der Waals surface area contributed by atoms with Crippen molar-refractivity contribution in [3.63, 3.8) is 0 Å². The summed E-state index contributed by atoms with van der Waals surface area (Å²) in [6.45, 7) is 7.50. The van der Waals surface area contributed by atoms with Gasteiger partial charge in [-0.05, 0) is 73.5 Å². The van der Waals surface area contributed by atoms with Gasteiger partial charge in [-0.1, -0.05) is 36.4 Å². The number of methoxy groups -OCH3 is 2. The molecule has 3 saturated heterocycles. The first-order valence-corrected chi connectivity index (χ1v) is 13.1. The predicted molar refractivity (Wildman–Crippen MR) is 137 cm³/mol. The van der Waals surface area contributed by atoms with Crippen LogP contribution in [0.4, 0.5) is 0 Å². The first-order valence-electron chi connectivity index (χ1n) is 13.1. The third-order valence-corrected chi connectivity index (χ3v) is 8.16. The molecule has 0 radical (unpaired) electrons. The van der Waals surface area contributed by atoms with Gasteiger partial charge in [-0.25, -0.2) is 0 Å².